The molecule has 0 spiro atoms. The summed E-state index contributed by atoms with van der Waals surface area (Å²) in [6.45, 7) is 2.67. The maximum atomic E-state index is 12.3. The highest BCUT2D eigenvalue weighted by Crippen LogP contribution is 2.22. The minimum absolute atomic E-state index is 0.135. The van der Waals surface area contributed by atoms with Crippen molar-refractivity contribution in [3.8, 4) is 0 Å². The molecule has 1 aliphatic rings. The molecule has 1 heterocycles. The van der Waals surface area contributed by atoms with Crippen molar-refractivity contribution in [2.45, 2.75) is 26.4 Å². The maximum Gasteiger partial charge on any atom is 0.308 e. The average molecular weight is 423 g/mol. The monoisotopic (exact) mass is 423 g/mol. The van der Waals surface area contributed by atoms with E-state index in [-0.39, 0.29) is 18.9 Å². The fraction of sp³-hybridized carbons (Fsp3) is 0.227. The van der Waals surface area contributed by atoms with Crippen molar-refractivity contribution in [1.29, 1.82) is 0 Å². The molecule has 160 valence electrons. The van der Waals surface area contributed by atoms with Gasteiger partial charge in [-0.15, -0.1) is 0 Å². The predicted molar refractivity (Wildman–Crippen MR) is 111 cm³/mol. The molecule has 0 aromatic heterocycles. The number of carbonyl (C=O) groups excluding carboxylic acids is 5. The van der Waals surface area contributed by atoms with Crippen LogP contribution in [0.25, 0.3) is 0 Å². The van der Waals surface area contributed by atoms with Crippen molar-refractivity contribution in [3.05, 3.63) is 59.7 Å². The molecule has 0 bridgehead atoms. The second kappa shape index (κ2) is 9.21. The SMILES string of the molecule is CC(=O)Nc1ccc(NC(=O)[C@H](C)OC(=O)CCN2C(=O)c3ccccc3C2=O)cc1. The number of benzene rings is 2. The van der Waals surface area contributed by atoms with Crippen molar-refractivity contribution in [3.63, 3.8) is 0 Å². The number of nitrogens with zero attached hydrogens (tertiary/aromatic N) is 1. The van der Waals surface area contributed by atoms with Gasteiger partial charge in [-0.3, -0.25) is 28.9 Å². The number of fused-ring (bicyclic) bond motifs is 1. The first-order valence-corrected chi connectivity index (χ1v) is 9.59. The first-order chi connectivity index (χ1) is 14.8. The van der Waals surface area contributed by atoms with Crippen LogP contribution in [-0.4, -0.2) is 47.1 Å². The van der Waals surface area contributed by atoms with Crippen LogP contribution in [0.3, 0.4) is 0 Å². The van der Waals surface area contributed by atoms with E-state index in [4.69, 9.17) is 4.74 Å². The second-order valence-corrected chi connectivity index (χ2v) is 6.94. The number of esters is 1. The molecule has 0 saturated carbocycles. The summed E-state index contributed by atoms with van der Waals surface area (Å²) in [5.74, 6) is -2.37. The summed E-state index contributed by atoms with van der Waals surface area (Å²) < 4.78 is 5.11. The van der Waals surface area contributed by atoms with E-state index in [1.807, 2.05) is 0 Å². The van der Waals surface area contributed by atoms with Gasteiger partial charge >= 0.3 is 5.97 Å². The molecule has 0 fully saturated rings. The summed E-state index contributed by atoms with van der Waals surface area (Å²) in [7, 11) is 0. The van der Waals surface area contributed by atoms with E-state index in [1.54, 1.807) is 48.5 Å². The van der Waals surface area contributed by atoms with Gasteiger partial charge in [-0.2, -0.15) is 0 Å². The highest BCUT2D eigenvalue weighted by molar-refractivity contribution is 6.21. The van der Waals surface area contributed by atoms with Gasteiger partial charge in [0.15, 0.2) is 6.10 Å². The highest BCUT2D eigenvalue weighted by atomic mass is 16.5. The Hall–Kier alpha value is -4.01. The van der Waals surface area contributed by atoms with Crippen LogP contribution >= 0.6 is 0 Å². The molecule has 31 heavy (non-hydrogen) atoms. The molecule has 0 unspecified atom stereocenters. The summed E-state index contributed by atoms with van der Waals surface area (Å²) in [4.78, 5) is 61.0. The third kappa shape index (κ3) is 5.13. The van der Waals surface area contributed by atoms with E-state index in [0.29, 0.717) is 22.5 Å². The lowest BCUT2D eigenvalue weighted by Crippen LogP contribution is -2.34. The van der Waals surface area contributed by atoms with Gasteiger partial charge < -0.3 is 15.4 Å². The first-order valence-electron chi connectivity index (χ1n) is 9.59. The van der Waals surface area contributed by atoms with Crippen LogP contribution in [0.15, 0.2) is 48.5 Å². The molecule has 4 amide bonds. The van der Waals surface area contributed by atoms with Crippen LogP contribution in [0.1, 0.15) is 41.0 Å². The standard InChI is InChI=1S/C22H21N3O6/c1-13(20(28)24-16-9-7-15(8-10-16)23-14(2)26)31-19(27)11-12-25-21(29)17-5-3-4-6-18(17)22(25)30/h3-10,13H,11-12H2,1-2H3,(H,23,26)(H,24,28)/t13-/m0/s1. The van der Waals surface area contributed by atoms with Gasteiger partial charge in [0.1, 0.15) is 0 Å². The van der Waals surface area contributed by atoms with Gasteiger partial charge in [0.05, 0.1) is 17.5 Å². The summed E-state index contributed by atoms with van der Waals surface area (Å²) in [5.41, 5.74) is 1.66. The molecule has 9 heteroatoms. The summed E-state index contributed by atoms with van der Waals surface area (Å²) in [6.07, 6.45) is -1.31. The Morgan fingerprint density at radius 2 is 1.42 bits per heavy atom. The largest absolute Gasteiger partial charge is 0.452 e. The molecular formula is C22H21N3O6. The molecule has 1 aliphatic heterocycles. The van der Waals surface area contributed by atoms with E-state index < -0.39 is 29.8 Å². The van der Waals surface area contributed by atoms with Crippen LogP contribution in [0.5, 0.6) is 0 Å². The predicted octanol–water partition coefficient (Wildman–Crippen LogP) is 2.20. The Morgan fingerprint density at radius 3 is 1.94 bits per heavy atom. The average Bonchev–Trinajstić information content (AvgIpc) is 2.98. The Bertz CT molecular complexity index is 1010. The number of carbonyl (C=O) groups is 5. The number of ether oxygens (including phenoxy) is 1. The van der Waals surface area contributed by atoms with Gasteiger partial charge in [-0.25, -0.2) is 0 Å². The number of rotatable bonds is 7. The number of hydrogen-bond donors (Lipinski definition) is 2. The Labute approximate surface area is 178 Å². The fourth-order valence-corrected chi connectivity index (χ4v) is 3.04. The minimum Gasteiger partial charge on any atom is -0.452 e. The summed E-state index contributed by atoms with van der Waals surface area (Å²) >= 11 is 0. The highest BCUT2D eigenvalue weighted by Gasteiger charge is 2.35. The van der Waals surface area contributed by atoms with Crippen LogP contribution in [0, 0.1) is 0 Å². The molecule has 2 aromatic rings. The molecule has 0 aliphatic carbocycles. The van der Waals surface area contributed by atoms with Gasteiger partial charge in [-0.05, 0) is 43.3 Å². The Morgan fingerprint density at radius 1 is 0.903 bits per heavy atom. The molecule has 9 nitrogen and oxygen atoms in total. The first kappa shape index (κ1) is 21.7. The van der Waals surface area contributed by atoms with Crippen molar-refractivity contribution in [2.75, 3.05) is 17.2 Å². The number of anilines is 2. The topological polar surface area (TPSA) is 122 Å². The molecule has 3 rings (SSSR count). The molecule has 0 radical (unpaired) electrons. The third-order valence-electron chi connectivity index (χ3n) is 4.57. The van der Waals surface area contributed by atoms with E-state index in [9.17, 15) is 24.0 Å². The van der Waals surface area contributed by atoms with Gasteiger partial charge in [0, 0.05) is 24.8 Å². The lowest BCUT2D eigenvalue weighted by Gasteiger charge is -2.16. The zero-order valence-corrected chi connectivity index (χ0v) is 17.0. The van der Waals surface area contributed by atoms with Crippen molar-refractivity contribution in [1.82, 2.24) is 4.90 Å². The fourth-order valence-electron chi connectivity index (χ4n) is 3.04. The number of imide groups is 1. The molecule has 1 atom stereocenters. The molecular weight excluding hydrogens is 402 g/mol. The minimum atomic E-state index is -1.08. The smallest absolute Gasteiger partial charge is 0.308 e. The second-order valence-electron chi connectivity index (χ2n) is 6.94. The van der Waals surface area contributed by atoms with Crippen molar-refractivity contribution >= 4 is 41.0 Å². The van der Waals surface area contributed by atoms with Crippen LogP contribution in [-0.2, 0) is 19.1 Å². The zero-order valence-electron chi connectivity index (χ0n) is 17.0. The van der Waals surface area contributed by atoms with Crippen LogP contribution < -0.4 is 10.6 Å². The lowest BCUT2D eigenvalue weighted by molar-refractivity contribution is -0.153. The van der Waals surface area contributed by atoms with Gasteiger partial charge in [-0.1, -0.05) is 12.1 Å². The quantitative estimate of drug-likeness (QED) is 0.520. The zero-order chi connectivity index (χ0) is 22.5. The number of amides is 4. The Balaban J connectivity index is 1.48. The summed E-state index contributed by atoms with van der Waals surface area (Å²) in [6, 6.07) is 12.9. The van der Waals surface area contributed by atoms with E-state index in [0.717, 1.165) is 4.90 Å². The van der Waals surface area contributed by atoms with E-state index >= 15 is 0 Å². The number of nitrogens with one attached hydrogen (secondary N) is 2. The van der Waals surface area contributed by atoms with E-state index in [1.165, 1.54) is 13.8 Å². The van der Waals surface area contributed by atoms with Crippen molar-refractivity contribution in [2.24, 2.45) is 0 Å². The number of hydrogen-bond acceptors (Lipinski definition) is 6. The molecule has 2 N–H and O–H groups in total. The third-order valence-corrected chi connectivity index (χ3v) is 4.57. The lowest BCUT2D eigenvalue weighted by atomic mass is 10.1. The van der Waals surface area contributed by atoms with Gasteiger partial charge in [0.2, 0.25) is 5.91 Å². The van der Waals surface area contributed by atoms with E-state index in [2.05, 4.69) is 10.6 Å². The normalized spacial score (nSPS) is 13.4. The Kier molecular flexibility index (Phi) is 6.44. The molecule has 0 saturated heterocycles. The van der Waals surface area contributed by atoms with Crippen LogP contribution in [0.4, 0.5) is 11.4 Å². The van der Waals surface area contributed by atoms with Crippen molar-refractivity contribution < 1.29 is 28.7 Å². The van der Waals surface area contributed by atoms with Gasteiger partial charge in [0.25, 0.3) is 17.7 Å². The molecule has 2 aromatic carbocycles. The van der Waals surface area contributed by atoms with Crippen LogP contribution in [0.2, 0.25) is 0 Å². The maximum absolute atomic E-state index is 12.3. The summed E-state index contributed by atoms with van der Waals surface area (Å²) in [5, 5.41) is 5.21.